The van der Waals surface area contributed by atoms with Crippen molar-refractivity contribution >= 4 is 17.3 Å². The second-order valence-electron chi connectivity index (χ2n) is 2.96. The molecule has 0 fully saturated rings. The molecule has 1 N–H and O–H groups in total. The molecule has 0 aromatic carbocycles. The molecule has 1 aromatic rings. The third-order valence-electron chi connectivity index (χ3n) is 2.01. The van der Waals surface area contributed by atoms with Gasteiger partial charge in [-0.2, -0.15) is 5.26 Å². The predicted octanol–water partition coefficient (Wildman–Crippen LogP) is 0.364. The second-order valence-corrected chi connectivity index (χ2v) is 2.96. The molecule has 0 saturated heterocycles. The van der Waals surface area contributed by atoms with E-state index in [2.05, 4.69) is 10.3 Å². The lowest BCUT2D eigenvalue weighted by Gasteiger charge is -2.28. The standard InChI is InChI=1S/C9H8N4O/c10-2-4-13-6-9(14)12-7-5-11-3-1-8(7)13/h1,3,5H,4,6H2,(H,12,14). The van der Waals surface area contributed by atoms with Crippen molar-refractivity contribution in [3.63, 3.8) is 0 Å². The summed E-state index contributed by atoms with van der Waals surface area (Å²) in [6.07, 6.45) is 3.22. The van der Waals surface area contributed by atoms with Crippen LogP contribution in [-0.4, -0.2) is 24.0 Å². The normalized spacial score (nSPS) is 14.2. The van der Waals surface area contributed by atoms with Crippen LogP contribution in [0.5, 0.6) is 0 Å². The van der Waals surface area contributed by atoms with Crippen LogP contribution in [0.15, 0.2) is 18.5 Å². The first-order valence-corrected chi connectivity index (χ1v) is 4.17. The molecule has 2 heterocycles. The molecule has 1 aromatic heterocycles. The van der Waals surface area contributed by atoms with Crippen LogP contribution in [0.25, 0.3) is 0 Å². The van der Waals surface area contributed by atoms with Crippen molar-refractivity contribution in [2.24, 2.45) is 0 Å². The van der Waals surface area contributed by atoms with E-state index in [0.717, 1.165) is 5.69 Å². The number of pyridine rings is 1. The highest BCUT2D eigenvalue weighted by Gasteiger charge is 2.20. The van der Waals surface area contributed by atoms with Gasteiger partial charge in [0.2, 0.25) is 5.91 Å². The van der Waals surface area contributed by atoms with Gasteiger partial charge in [0.15, 0.2) is 0 Å². The van der Waals surface area contributed by atoms with Crippen LogP contribution in [0.2, 0.25) is 0 Å². The number of carbonyl (C=O) groups is 1. The number of nitrogens with one attached hydrogen (secondary N) is 1. The van der Waals surface area contributed by atoms with Gasteiger partial charge in [0.25, 0.3) is 0 Å². The minimum absolute atomic E-state index is 0.110. The van der Waals surface area contributed by atoms with Crippen LogP contribution >= 0.6 is 0 Å². The summed E-state index contributed by atoms with van der Waals surface area (Å²) in [5.41, 5.74) is 1.51. The summed E-state index contributed by atoms with van der Waals surface area (Å²) in [4.78, 5) is 16.8. The minimum atomic E-state index is -0.110. The summed E-state index contributed by atoms with van der Waals surface area (Å²) in [5.74, 6) is -0.110. The second kappa shape index (κ2) is 3.34. The Labute approximate surface area is 81.0 Å². The number of nitrogens with zero attached hydrogens (tertiary/aromatic N) is 3. The summed E-state index contributed by atoms with van der Waals surface area (Å²) >= 11 is 0. The van der Waals surface area contributed by atoms with E-state index >= 15 is 0 Å². The fraction of sp³-hybridized carbons (Fsp3) is 0.222. The minimum Gasteiger partial charge on any atom is -0.347 e. The zero-order valence-electron chi connectivity index (χ0n) is 7.40. The fourth-order valence-corrected chi connectivity index (χ4v) is 1.43. The molecular weight excluding hydrogens is 180 g/mol. The Bertz CT molecular complexity index is 410. The Balaban J connectivity index is 2.39. The van der Waals surface area contributed by atoms with Crippen LogP contribution in [0.4, 0.5) is 11.4 Å². The third-order valence-corrected chi connectivity index (χ3v) is 2.01. The average molecular weight is 188 g/mol. The van der Waals surface area contributed by atoms with Crippen LogP contribution < -0.4 is 10.2 Å². The van der Waals surface area contributed by atoms with Crippen LogP contribution in [-0.2, 0) is 4.79 Å². The maximum absolute atomic E-state index is 11.2. The zero-order chi connectivity index (χ0) is 9.97. The zero-order valence-corrected chi connectivity index (χ0v) is 7.40. The van der Waals surface area contributed by atoms with Crippen LogP contribution in [0.3, 0.4) is 0 Å². The summed E-state index contributed by atoms with van der Waals surface area (Å²) in [5, 5.41) is 11.3. The SMILES string of the molecule is N#CCN1CC(=O)Nc2cnccc21. The maximum Gasteiger partial charge on any atom is 0.244 e. The average Bonchev–Trinajstić information content (AvgIpc) is 2.18. The molecule has 1 aliphatic heterocycles. The lowest BCUT2D eigenvalue weighted by molar-refractivity contribution is -0.115. The van der Waals surface area contributed by atoms with Crippen molar-refractivity contribution in [2.45, 2.75) is 0 Å². The number of hydrogen-bond donors (Lipinski definition) is 1. The highest BCUT2D eigenvalue weighted by molar-refractivity contribution is 6.00. The molecule has 1 aliphatic rings. The Morgan fingerprint density at radius 2 is 2.57 bits per heavy atom. The number of hydrogen-bond acceptors (Lipinski definition) is 4. The molecule has 0 bridgehead atoms. The molecule has 0 atom stereocenters. The van der Waals surface area contributed by atoms with Gasteiger partial charge in [-0.1, -0.05) is 0 Å². The number of rotatable bonds is 1. The Kier molecular flexibility index (Phi) is 2.03. The summed E-state index contributed by atoms with van der Waals surface area (Å²) < 4.78 is 0. The van der Waals surface area contributed by atoms with E-state index in [-0.39, 0.29) is 19.0 Å². The van der Waals surface area contributed by atoms with Gasteiger partial charge in [0.1, 0.15) is 6.54 Å². The van der Waals surface area contributed by atoms with Crippen molar-refractivity contribution in [1.29, 1.82) is 5.26 Å². The van der Waals surface area contributed by atoms with Gasteiger partial charge in [-0.3, -0.25) is 9.78 Å². The summed E-state index contributed by atoms with van der Waals surface area (Å²) in [6, 6.07) is 3.81. The van der Waals surface area contributed by atoms with E-state index in [1.807, 2.05) is 6.07 Å². The van der Waals surface area contributed by atoms with Gasteiger partial charge >= 0.3 is 0 Å². The lowest BCUT2D eigenvalue weighted by atomic mass is 10.2. The first-order chi connectivity index (χ1) is 6.81. The van der Waals surface area contributed by atoms with E-state index < -0.39 is 0 Å². The van der Waals surface area contributed by atoms with Gasteiger partial charge in [0, 0.05) is 6.20 Å². The Hall–Kier alpha value is -2.09. The highest BCUT2D eigenvalue weighted by atomic mass is 16.2. The smallest absolute Gasteiger partial charge is 0.244 e. The molecule has 70 valence electrons. The van der Waals surface area contributed by atoms with Gasteiger partial charge in [-0.05, 0) is 6.07 Å². The van der Waals surface area contributed by atoms with E-state index in [9.17, 15) is 4.79 Å². The quantitative estimate of drug-likeness (QED) is 0.646. The predicted molar refractivity (Wildman–Crippen MR) is 50.7 cm³/mol. The van der Waals surface area contributed by atoms with E-state index in [4.69, 9.17) is 5.26 Å². The monoisotopic (exact) mass is 188 g/mol. The molecule has 5 nitrogen and oxygen atoms in total. The van der Waals surface area contributed by atoms with Gasteiger partial charge in [0.05, 0.1) is 30.2 Å². The fourth-order valence-electron chi connectivity index (χ4n) is 1.43. The molecule has 5 heteroatoms. The third kappa shape index (κ3) is 1.38. The van der Waals surface area contributed by atoms with E-state index in [0.29, 0.717) is 5.69 Å². The van der Waals surface area contributed by atoms with E-state index in [1.54, 1.807) is 23.4 Å². The number of fused-ring (bicyclic) bond motifs is 1. The maximum atomic E-state index is 11.2. The van der Waals surface area contributed by atoms with Crippen LogP contribution in [0.1, 0.15) is 0 Å². The number of nitriles is 1. The Morgan fingerprint density at radius 3 is 3.36 bits per heavy atom. The van der Waals surface area contributed by atoms with Gasteiger partial charge < -0.3 is 10.2 Å². The molecule has 0 saturated carbocycles. The molecule has 14 heavy (non-hydrogen) atoms. The Morgan fingerprint density at radius 1 is 1.71 bits per heavy atom. The van der Waals surface area contributed by atoms with Gasteiger partial charge in [-0.15, -0.1) is 0 Å². The molecule has 1 amide bonds. The van der Waals surface area contributed by atoms with Crippen molar-refractivity contribution < 1.29 is 4.79 Å². The molecule has 0 aliphatic carbocycles. The largest absolute Gasteiger partial charge is 0.347 e. The number of aromatic nitrogens is 1. The molecule has 0 radical (unpaired) electrons. The highest BCUT2D eigenvalue weighted by Crippen LogP contribution is 2.27. The molecule has 0 unspecified atom stereocenters. The first-order valence-electron chi connectivity index (χ1n) is 4.17. The number of anilines is 2. The summed E-state index contributed by atoms with van der Waals surface area (Å²) in [7, 11) is 0. The van der Waals surface area contributed by atoms with E-state index in [1.165, 1.54) is 0 Å². The molecular formula is C9H8N4O. The van der Waals surface area contributed by atoms with Crippen molar-refractivity contribution in [3.8, 4) is 6.07 Å². The van der Waals surface area contributed by atoms with Crippen molar-refractivity contribution in [3.05, 3.63) is 18.5 Å². The topological polar surface area (TPSA) is 69.0 Å². The summed E-state index contributed by atoms with van der Waals surface area (Å²) in [6.45, 7) is 0.439. The van der Waals surface area contributed by atoms with Crippen molar-refractivity contribution in [2.75, 3.05) is 23.3 Å². The van der Waals surface area contributed by atoms with Gasteiger partial charge in [-0.25, -0.2) is 0 Å². The van der Waals surface area contributed by atoms with Crippen molar-refractivity contribution in [1.82, 2.24) is 4.98 Å². The first kappa shape index (κ1) is 8.51. The number of carbonyl (C=O) groups excluding carboxylic acids is 1. The molecule has 2 rings (SSSR count). The molecule has 0 spiro atoms. The lowest BCUT2D eigenvalue weighted by Crippen LogP contribution is -2.38. The number of amides is 1. The van der Waals surface area contributed by atoms with Crippen LogP contribution in [0, 0.1) is 11.3 Å².